The van der Waals surface area contributed by atoms with E-state index in [1.54, 1.807) is 12.1 Å². The van der Waals surface area contributed by atoms with E-state index in [2.05, 4.69) is 16.6 Å². The number of halogens is 6. The van der Waals surface area contributed by atoms with Crippen molar-refractivity contribution in [2.75, 3.05) is 0 Å². The molecule has 0 spiro atoms. The van der Waals surface area contributed by atoms with Gasteiger partial charge in [-0.2, -0.15) is 8.78 Å². The molecule has 3 rings (SSSR count). The summed E-state index contributed by atoms with van der Waals surface area (Å²) in [4.78, 5) is 0. The predicted octanol–water partition coefficient (Wildman–Crippen LogP) is 7.68. The number of nitrogens with two attached hydrogens (primary N) is 1. The molecule has 0 radical (unpaired) electrons. The molecule has 0 aromatic heterocycles. The largest absolute Gasteiger partial charge is 0.435 e. The van der Waals surface area contributed by atoms with E-state index in [4.69, 9.17) is 5.73 Å². The quantitative estimate of drug-likeness (QED) is 0.220. The summed E-state index contributed by atoms with van der Waals surface area (Å²) in [5.74, 6) is -3.28. The second-order valence-electron chi connectivity index (χ2n) is 9.10. The zero-order valence-electron chi connectivity index (χ0n) is 20.8. The first-order valence-corrected chi connectivity index (χ1v) is 12.0. The fourth-order valence-corrected chi connectivity index (χ4v) is 4.24. The molecule has 0 amide bonds. The summed E-state index contributed by atoms with van der Waals surface area (Å²) in [7, 11) is 0. The fraction of sp³-hybridized carbons (Fsp3) is 0.310. The zero-order valence-corrected chi connectivity index (χ0v) is 20.8. The van der Waals surface area contributed by atoms with Crippen LogP contribution in [-0.4, -0.2) is 13.0 Å². The van der Waals surface area contributed by atoms with Gasteiger partial charge in [-0.25, -0.2) is 17.6 Å². The maximum atomic E-state index is 13.6. The molecule has 0 heterocycles. The monoisotopic (exact) mass is 536 g/mol. The highest BCUT2D eigenvalue weighted by molar-refractivity contribution is 5.40. The third-order valence-corrected chi connectivity index (χ3v) is 6.13. The highest BCUT2D eigenvalue weighted by Gasteiger charge is 2.25. The summed E-state index contributed by atoms with van der Waals surface area (Å²) >= 11 is 0. The number of nitrogens with one attached hydrogen (secondary N) is 1. The SMILES string of the molecule is C=C(N)[C@H](N[C@@H](CCc1ccc(C(C)(F)F)cc1)c1ccc(OC(F)F)c(CC(F)F)c1)c1ccccc1. The Bertz CT molecular complexity index is 1180. The molecular formula is C29H30F6N2O. The molecule has 3 aromatic rings. The number of hydrogen-bond donors (Lipinski definition) is 2. The number of ether oxygens (including phenoxy) is 1. The van der Waals surface area contributed by atoms with Gasteiger partial charge < -0.3 is 10.5 Å². The minimum Gasteiger partial charge on any atom is -0.435 e. The molecule has 0 unspecified atom stereocenters. The van der Waals surface area contributed by atoms with Gasteiger partial charge >= 0.3 is 6.61 Å². The second-order valence-corrected chi connectivity index (χ2v) is 9.10. The number of benzene rings is 3. The van der Waals surface area contributed by atoms with Crippen molar-refractivity contribution in [3.8, 4) is 5.75 Å². The van der Waals surface area contributed by atoms with Crippen LogP contribution < -0.4 is 15.8 Å². The van der Waals surface area contributed by atoms with Crippen LogP contribution in [0.4, 0.5) is 26.3 Å². The summed E-state index contributed by atoms with van der Waals surface area (Å²) in [5.41, 5.74) is 8.44. The van der Waals surface area contributed by atoms with Gasteiger partial charge in [0.05, 0.1) is 6.04 Å². The average Bonchev–Trinajstić information content (AvgIpc) is 2.85. The first-order chi connectivity index (χ1) is 17.9. The maximum absolute atomic E-state index is 13.6. The van der Waals surface area contributed by atoms with Gasteiger partial charge in [-0.1, -0.05) is 73.3 Å². The highest BCUT2D eigenvalue weighted by Crippen LogP contribution is 2.32. The highest BCUT2D eigenvalue weighted by atomic mass is 19.3. The molecule has 2 atom stereocenters. The van der Waals surface area contributed by atoms with Crippen molar-refractivity contribution in [3.05, 3.63) is 113 Å². The number of aryl methyl sites for hydroxylation is 1. The third-order valence-electron chi connectivity index (χ3n) is 6.13. The summed E-state index contributed by atoms with van der Waals surface area (Å²) in [6.07, 6.45) is -2.67. The van der Waals surface area contributed by atoms with Gasteiger partial charge in [0, 0.05) is 36.2 Å². The molecule has 0 aliphatic heterocycles. The lowest BCUT2D eigenvalue weighted by atomic mass is 9.93. The molecule has 0 aliphatic rings. The van der Waals surface area contributed by atoms with E-state index in [-0.39, 0.29) is 16.9 Å². The number of alkyl halides is 6. The zero-order chi connectivity index (χ0) is 27.9. The fourth-order valence-electron chi connectivity index (χ4n) is 4.24. The van der Waals surface area contributed by atoms with Crippen LogP contribution in [0.1, 0.15) is 53.2 Å². The lowest BCUT2D eigenvalue weighted by molar-refractivity contribution is -0.0508. The van der Waals surface area contributed by atoms with Crippen LogP contribution in [0.15, 0.2) is 85.1 Å². The lowest BCUT2D eigenvalue weighted by Crippen LogP contribution is -2.30. The molecule has 3 aromatic carbocycles. The molecule has 3 nitrogen and oxygen atoms in total. The summed E-state index contributed by atoms with van der Waals surface area (Å²) in [6, 6.07) is 18.4. The van der Waals surface area contributed by atoms with Crippen molar-refractivity contribution in [2.24, 2.45) is 5.73 Å². The summed E-state index contributed by atoms with van der Waals surface area (Å²) in [6.45, 7) is 1.54. The van der Waals surface area contributed by atoms with Crippen molar-refractivity contribution < 1.29 is 31.1 Å². The second kappa shape index (κ2) is 12.9. The first kappa shape index (κ1) is 29.1. The van der Waals surface area contributed by atoms with Crippen LogP contribution in [0, 0.1) is 0 Å². The van der Waals surface area contributed by atoms with Crippen LogP contribution in [0.5, 0.6) is 5.75 Å². The van der Waals surface area contributed by atoms with Gasteiger partial charge in [-0.3, -0.25) is 5.32 Å². The Balaban J connectivity index is 1.95. The molecule has 0 saturated heterocycles. The normalized spacial score (nSPS) is 13.5. The van der Waals surface area contributed by atoms with E-state index in [1.165, 1.54) is 30.3 Å². The molecular weight excluding hydrogens is 506 g/mol. The predicted molar refractivity (Wildman–Crippen MR) is 136 cm³/mol. The van der Waals surface area contributed by atoms with E-state index < -0.39 is 37.5 Å². The topological polar surface area (TPSA) is 47.3 Å². The van der Waals surface area contributed by atoms with E-state index in [0.29, 0.717) is 24.1 Å². The Morgan fingerprint density at radius 2 is 1.61 bits per heavy atom. The Morgan fingerprint density at radius 1 is 0.947 bits per heavy atom. The van der Waals surface area contributed by atoms with E-state index >= 15 is 0 Å². The summed E-state index contributed by atoms with van der Waals surface area (Å²) in [5, 5.41) is 3.41. The van der Waals surface area contributed by atoms with Crippen molar-refractivity contribution in [1.29, 1.82) is 0 Å². The minimum absolute atomic E-state index is 0.0537. The van der Waals surface area contributed by atoms with Gasteiger partial charge in [-0.15, -0.1) is 0 Å². The lowest BCUT2D eigenvalue weighted by Gasteiger charge is -2.28. The van der Waals surface area contributed by atoms with Crippen LogP contribution in [0.25, 0.3) is 0 Å². The maximum Gasteiger partial charge on any atom is 0.387 e. The first-order valence-electron chi connectivity index (χ1n) is 12.0. The Labute approximate surface area is 218 Å². The molecule has 0 fully saturated rings. The Morgan fingerprint density at radius 3 is 2.16 bits per heavy atom. The van der Waals surface area contributed by atoms with E-state index in [9.17, 15) is 26.3 Å². The third kappa shape index (κ3) is 8.28. The van der Waals surface area contributed by atoms with Gasteiger partial charge in [0.2, 0.25) is 6.43 Å². The van der Waals surface area contributed by atoms with Crippen LogP contribution >= 0.6 is 0 Å². The molecule has 0 bridgehead atoms. The summed E-state index contributed by atoms with van der Waals surface area (Å²) < 4.78 is 83.9. The Kier molecular flexibility index (Phi) is 9.85. The average molecular weight is 537 g/mol. The van der Waals surface area contributed by atoms with Gasteiger partial charge in [-0.05, 0) is 35.6 Å². The van der Waals surface area contributed by atoms with Crippen molar-refractivity contribution in [2.45, 2.75) is 57.2 Å². The van der Waals surface area contributed by atoms with Gasteiger partial charge in [0.15, 0.2) is 0 Å². The van der Waals surface area contributed by atoms with Gasteiger partial charge in [0.1, 0.15) is 5.75 Å². The molecule has 0 saturated carbocycles. The van der Waals surface area contributed by atoms with Crippen LogP contribution in [0.3, 0.4) is 0 Å². The van der Waals surface area contributed by atoms with Crippen molar-refractivity contribution >= 4 is 0 Å². The molecule has 204 valence electrons. The number of rotatable bonds is 13. The van der Waals surface area contributed by atoms with Crippen LogP contribution in [-0.2, 0) is 18.8 Å². The molecule has 0 aliphatic carbocycles. The van der Waals surface area contributed by atoms with Crippen LogP contribution in [0.2, 0.25) is 0 Å². The smallest absolute Gasteiger partial charge is 0.387 e. The van der Waals surface area contributed by atoms with E-state index in [1.807, 2.05) is 30.3 Å². The Hall–Kier alpha value is -3.46. The van der Waals surface area contributed by atoms with Crippen molar-refractivity contribution in [3.63, 3.8) is 0 Å². The molecule has 9 heteroatoms. The van der Waals surface area contributed by atoms with Crippen molar-refractivity contribution in [1.82, 2.24) is 5.32 Å². The minimum atomic E-state index is -3.16. The standard InChI is InChI=1S/C29H30F6N2O/c1-18(36)27(20-6-4-3-5-7-20)37-24(14-10-19-8-12-23(13-9-19)29(2,34)35)21-11-15-25(38-28(32)33)22(16-21)17-26(30)31/h3-9,11-13,15-16,24,26-28,37H,1,10,14,17,36H2,2H3/t24-,27-/m0/s1. The molecule has 38 heavy (non-hydrogen) atoms. The van der Waals surface area contributed by atoms with Gasteiger partial charge in [0.25, 0.3) is 5.92 Å². The number of hydrogen-bond acceptors (Lipinski definition) is 3. The molecule has 3 N–H and O–H groups in total. The van der Waals surface area contributed by atoms with E-state index in [0.717, 1.165) is 18.1 Å².